The summed E-state index contributed by atoms with van der Waals surface area (Å²) in [6.07, 6.45) is 3.37. The Morgan fingerprint density at radius 2 is 1.74 bits per heavy atom. The third-order valence-electron chi connectivity index (χ3n) is 6.13. The van der Waals surface area contributed by atoms with E-state index >= 15 is 0 Å². The summed E-state index contributed by atoms with van der Waals surface area (Å²) in [5, 5.41) is 0. The predicted molar refractivity (Wildman–Crippen MR) is 107 cm³/mol. The summed E-state index contributed by atoms with van der Waals surface area (Å²) in [5.41, 5.74) is 1.36. The van der Waals surface area contributed by atoms with E-state index < -0.39 is 0 Å². The molecule has 1 unspecified atom stereocenters. The van der Waals surface area contributed by atoms with E-state index in [-0.39, 0.29) is 23.8 Å². The van der Waals surface area contributed by atoms with E-state index in [1.54, 1.807) is 0 Å². The second-order valence-electron chi connectivity index (χ2n) is 7.82. The Bertz CT molecular complexity index is 622. The van der Waals surface area contributed by atoms with Gasteiger partial charge in [0, 0.05) is 51.7 Å². The van der Waals surface area contributed by atoms with E-state index in [0.29, 0.717) is 13.0 Å². The van der Waals surface area contributed by atoms with E-state index in [9.17, 15) is 9.59 Å². The van der Waals surface area contributed by atoms with E-state index in [2.05, 4.69) is 43.0 Å². The van der Waals surface area contributed by atoms with Crippen molar-refractivity contribution in [2.75, 3.05) is 39.3 Å². The number of carbonyl (C=O) groups excluding carboxylic acids is 2. The summed E-state index contributed by atoms with van der Waals surface area (Å²) in [6, 6.07) is 10.8. The van der Waals surface area contributed by atoms with Gasteiger partial charge in [0.15, 0.2) is 0 Å². The van der Waals surface area contributed by atoms with Crippen molar-refractivity contribution < 1.29 is 9.59 Å². The van der Waals surface area contributed by atoms with Crippen LogP contribution in [0, 0.1) is 5.92 Å². The average Bonchev–Trinajstić information content (AvgIpc) is 3.09. The van der Waals surface area contributed by atoms with Gasteiger partial charge in [-0.05, 0) is 24.8 Å². The minimum absolute atomic E-state index is 0.144. The molecular weight excluding hydrogens is 338 g/mol. The molecule has 2 saturated heterocycles. The number of benzene rings is 1. The molecule has 2 heterocycles. The molecular formula is C22H33N3O2. The van der Waals surface area contributed by atoms with Gasteiger partial charge in [0.2, 0.25) is 11.8 Å². The molecule has 5 nitrogen and oxygen atoms in total. The van der Waals surface area contributed by atoms with Crippen LogP contribution < -0.4 is 0 Å². The van der Waals surface area contributed by atoms with Gasteiger partial charge >= 0.3 is 0 Å². The number of hydrogen-bond acceptors (Lipinski definition) is 3. The lowest BCUT2D eigenvalue weighted by Crippen LogP contribution is -2.51. The Labute approximate surface area is 163 Å². The van der Waals surface area contributed by atoms with Crippen LogP contribution in [0.4, 0.5) is 0 Å². The topological polar surface area (TPSA) is 43.9 Å². The van der Waals surface area contributed by atoms with Crippen molar-refractivity contribution >= 4 is 11.8 Å². The normalized spacial score (nSPS) is 21.3. The van der Waals surface area contributed by atoms with E-state index in [0.717, 1.165) is 52.0 Å². The van der Waals surface area contributed by atoms with Gasteiger partial charge in [0.1, 0.15) is 0 Å². The molecule has 0 aromatic heterocycles. The maximum atomic E-state index is 12.9. The predicted octanol–water partition coefficient (Wildman–Crippen LogP) is 2.41. The minimum Gasteiger partial charge on any atom is -0.340 e. The lowest BCUT2D eigenvalue weighted by atomic mass is 10.1. The highest BCUT2D eigenvalue weighted by Crippen LogP contribution is 2.25. The number of piperazine rings is 1. The van der Waals surface area contributed by atoms with E-state index in [1.807, 2.05) is 15.9 Å². The summed E-state index contributed by atoms with van der Waals surface area (Å²) >= 11 is 0. The van der Waals surface area contributed by atoms with Crippen LogP contribution in [-0.4, -0.2) is 71.8 Å². The van der Waals surface area contributed by atoms with Crippen molar-refractivity contribution in [1.29, 1.82) is 0 Å². The number of hydrogen-bond donors (Lipinski definition) is 0. The molecule has 2 aliphatic rings. The zero-order valence-corrected chi connectivity index (χ0v) is 16.8. The van der Waals surface area contributed by atoms with Crippen molar-refractivity contribution in [3.63, 3.8) is 0 Å². The van der Waals surface area contributed by atoms with Crippen LogP contribution in [0.15, 0.2) is 30.3 Å². The highest BCUT2D eigenvalue weighted by atomic mass is 16.2. The third kappa shape index (κ3) is 4.89. The lowest BCUT2D eigenvalue weighted by Gasteiger charge is -2.36. The molecule has 2 aliphatic heterocycles. The number of rotatable bonds is 7. The molecule has 0 N–H and O–H groups in total. The molecule has 148 valence electrons. The molecule has 3 rings (SSSR count). The molecule has 1 atom stereocenters. The van der Waals surface area contributed by atoms with Crippen LogP contribution in [0.3, 0.4) is 0 Å². The maximum absolute atomic E-state index is 12.9. The number of likely N-dealkylation sites (tertiary alicyclic amines) is 1. The zero-order chi connectivity index (χ0) is 19.2. The fourth-order valence-electron chi connectivity index (χ4n) is 4.36. The molecule has 0 radical (unpaired) electrons. The number of amides is 2. The van der Waals surface area contributed by atoms with E-state index in [4.69, 9.17) is 0 Å². The standard InChI is InChI=1S/C22H33N3O2/c1-3-20(4-2)25-17-19(16-21(25)26)22(27)24-14-12-23(13-15-24)11-10-18-8-6-5-7-9-18/h5-9,19-20H,3-4,10-17H2,1-2H3. The summed E-state index contributed by atoms with van der Waals surface area (Å²) in [6.45, 7) is 9.29. The molecule has 0 saturated carbocycles. The van der Waals surface area contributed by atoms with Gasteiger partial charge < -0.3 is 9.80 Å². The first-order valence-corrected chi connectivity index (χ1v) is 10.5. The van der Waals surface area contributed by atoms with Gasteiger partial charge in [0.25, 0.3) is 0 Å². The van der Waals surface area contributed by atoms with Crippen LogP contribution in [0.2, 0.25) is 0 Å². The number of nitrogens with zero attached hydrogens (tertiary/aromatic N) is 3. The Hall–Kier alpha value is -1.88. The third-order valence-corrected chi connectivity index (χ3v) is 6.13. The molecule has 0 bridgehead atoms. The van der Waals surface area contributed by atoms with Crippen molar-refractivity contribution in [3.05, 3.63) is 35.9 Å². The van der Waals surface area contributed by atoms with Gasteiger partial charge in [0.05, 0.1) is 5.92 Å². The zero-order valence-electron chi connectivity index (χ0n) is 16.8. The number of carbonyl (C=O) groups is 2. The first-order chi connectivity index (χ1) is 13.1. The Balaban J connectivity index is 1.45. The lowest BCUT2D eigenvalue weighted by molar-refractivity contribution is -0.137. The molecule has 2 fully saturated rings. The van der Waals surface area contributed by atoms with Crippen molar-refractivity contribution in [1.82, 2.24) is 14.7 Å². The largest absolute Gasteiger partial charge is 0.340 e. The summed E-state index contributed by atoms with van der Waals surface area (Å²) in [5.74, 6) is 0.192. The smallest absolute Gasteiger partial charge is 0.228 e. The SMILES string of the molecule is CCC(CC)N1CC(C(=O)N2CCN(CCc3ccccc3)CC2)CC1=O. The van der Waals surface area contributed by atoms with Crippen molar-refractivity contribution in [2.24, 2.45) is 5.92 Å². The maximum Gasteiger partial charge on any atom is 0.228 e. The van der Waals surface area contributed by atoms with Crippen molar-refractivity contribution in [3.8, 4) is 0 Å². The molecule has 27 heavy (non-hydrogen) atoms. The van der Waals surface area contributed by atoms with Gasteiger partial charge in [-0.1, -0.05) is 44.2 Å². The highest BCUT2D eigenvalue weighted by molar-refractivity contribution is 5.89. The van der Waals surface area contributed by atoms with Gasteiger partial charge in [-0.25, -0.2) is 0 Å². The summed E-state index contributed by atoms with van der Waals surface area (Å²) in [4.78, 5) is 31.6. The van der Waals surface area contributed by atoms with E-state index in [1.165, 1.54) is 5.56 Å². The quantitative estimate of drug-likeness (QED) is 0.739. The van der Waals surface area contributed by atoms with Gasteiger partial charge in [-0.15, -0.1) is 0 Å². The molecule has 0 aliphatic carbocycles. The van der Waals surface area contributed by atoms with Gasteiger partial charge in [-0.3, -0.25) is 14.5 Å². The molecule has 0 spiro atoms. The monoisotopic (exact) mass is 371 g/mol. The Morgan fingerprint density at radius 1 is 1.07 bits per heavy atom. The average molecular weight is 372 g/mol. The fourth-order valence-corrected chi connectivity index (χ4v) is 4.36. The second-order valence-corrected chi connectivity index (χ2v) is 7.82. The van der Waals surface area contributed by atoms with Crippen LogP contribution in [-0.2, 0) is 16.0 Å². The van der Waals surface area contributed by atoms with Crippen LogP contribution in [0.5, 0.6) is 0 Å². The van der Waals surface area contributed by atoms with Crippen LogP contribution in [0.1, 0.15) is 38.7 Å². The van der Waals surface area contributed by atoms with Crippen molar-refractivity contribution in [2.45, 2.75) is 45.6 Å². The van der Waals surface area contributed by atoms with Crippen LogP contribution in [0.25, 0.3) is 0 Å². The summed E-state index contributed by atoms with van der Waals surface area (Å²) < 4.78 is 0. The fraction of sp³-hybridized carbons (Fsp3) is 0.636. The van der Waals surface area contributed by atoms with Gasteiger partial charge in [-0.2, -0.15) is 0 Å². The summed E-state index contributed by atoms with van der Waals surface area (Å²) in [7, 11) is 0. The Morgan fingerprint density at radius 3 is 2.37 bits per heavy atom. The molecule has 5 heteroatoms. The Kier molecular flexibility index (Phi) is 6.89. The molecule has 1 aromatic carbocycles. The molecule has 1 aromatic rings. The highest BCUT2D eigenvalue weighted by Gasteiger charge is 2.39. The minimum atomic E-state index is -0.144. The second kappa shape index (κ2) is 9.36. The van der Waals surface area contributed by atoms with Crippen LogP contribution >= 0.6 is 0 Å². The molecule has 2 amide bonds. The first-order valence-electron chi connectivity index (χ1n) is 10.5. The first kappa shape index (κ1) is 19.9.